The third-order valence-electron chi connectivity index (χ3n) is 4.24. The number of carbonyl (C=O) groups excluding carboxylic acids is 1. The van der Waals surface area contributed by atoms with Crippen molar-refractivity contribution >= 4 is 33.0 Å². The number of anilines is 1. The van der Waals surface area contributed by atoms with Crippen molar-refractivity contribution in [2.75, 3.05) is 11.4 Å². The van der Waals surface area contributed by atoms with Crippen molar-refractivity contribution in [3.63, 3.8) is 0 Å². The molecule has 1 amide bonds. The van der Waals surface area contributed by atoms with Gasteiger partial charge >= 0.3 is 6.18 Å². The standard InChI is InChI=1S/C17H12ClF4NO3S/c18-13-5-4-11(9-14(13)19)23-7-6-15(16(23)24)27(25,26)12-3-1-2-10(8-12)17(20,21)22/h1-5,8-9,15H,6-7H2. The first kappa shape index (κ1) is 19.6. The summed E-state index contributed by atoms with van der Waals surface area (Å²) in [6.45, 7) is -0.0111. The number of carbonyl (C=O) groups is 1. The van der Waals surface area contributed by atoms with Crippen LogP contribution in [-0.4, -0.2) is 26.1 Å². The van der Waals surface area contributed by atoms with Gasteiger partial charge < -0.3 is 4.90 Å². The van der Waals surface area contributed by atoms with E-state index in [1.54, 1.807) is 0 Å². The van der Waals surface area contributed by atoms with Crippen molar-refractivity contribution in [1.82, 2.24) is 0 Å². The molecular weight excluding hydrogens is 410 g/mol. The van der Waals surface area contributed by atoms with E-state index in [-0.39, 0.29) is 23.7 Å². The summed E-state index contributed by atoms with van der Waals surface area (Å²) >= 11 is 5.59. The molecule has 0 aliphatic carbocycles. The number of hydrogen-bond donors (Lipinski definition) is 0. The average Bonchev–Trinajstić information content (AvgIpc) is 2.99. The van der Waals surface area contributed by atoms with Crippen molar-refractivity contribution < 1.29 is 30.8 Å². The zero-order valence-electron chi connectivity index (χ0n) is 13.5. The molecule has 1 aliphatic rings. The Labute approximate surface area is 157 Å². The van der Waals surface area contributed by atoms with Gasteiger partial charge in [0.2, 0.25) is 5.91 Å². The first-order valence-electron chi connectivity index (χ1n) is 7.69. The Bertz CT molecular complexity index is 1010. The quantitative estimate of drug-likeness (QED) is 0.702. The minimum Gasteiger partial charge on any atom is -0.311 e. The topological polar surface area (TPSA) is 54.5 Å². The number of nitrogens with zero attached hydrogens (tertiary/aromatic N) is 1. The Balaban J connectivity index is 1.93. The number of halogens is 5. The van der Waals surface area contributed by atoms with E-state index < -0.39 is 43.4 Å². The van der Waals surface area contributed by atoms with Gasteiger partial charge in [-0.05, 0) is 42.8 Å². The maximum Gasteiger partial charge on any atom is 0.416 e. The van der Waals surface area contributed by atoms with Crippen molar-refractivity contribution in [2.45, 2.75) is 22.7 Å². The van der Waals surface area contributed by atoms with Gasteiger partial charge in [-0.2, -0.15) is 13.2 Å². The molecule has 1 heterocycles. The third kappa shape index (κ3) is 3.66. The Kier molecular flexibility index (Phi) is 4.94. The van der Waals surface area contributed by atoms with Gasteiger partial charge in [0.25, 0.3) is 0 Å². The monoisotopic (exact) mass is 421 g/mol. The highest BCUT2D eigenvalue weighted by Gasteiger charge is 2.43. The summed E-state index contributed by atoms with van der Waals surface area (Å²) < 4.78 is 77.6. The fraction of sp³-hybridized carbons (Fsp3) is 0.235. The fourth-order valence-corrected chi connectivity index (χ4v) is 4.68. The van der Waals surface area contributed by atoms with Crippen LogP contribution in [0, 0.1) is 5.82 Å². The molecule has 2 aromatic rings. The number of benzene rings is 2. The Hall–Kier alpha value is -2.13. The number of sulfone groups is 1. The van der Waals surface area contributed by atoms with E-state index in [0.29, 0.717) is 6.07 Å². The van der Waals surface area contributed by atoms with Crippen molar-refractivity contribution in [3.05, 3.63) is 58.9 Å². The lowest BCUT2D eigenvalue weighted by Crippen LogP contribution is -2.34. The lowest BCUT2D eigenvalue weighted by atomic mass is 10.2. The molecule has 0 saturated carbocycles. The lowest BCUT2D eigenvalue weighted by Gasteiger charge is -2.17. The van der Waals surface area contributed by atoms with E-state index in [2.05, 4.69) is 0 Å². The first-order valence-corrected chi connectivity index (χ1v) is 9.62. The predicted octanol–water partition coefficient (Wildman–Crippen LogP) is 4.08. The number of amides is 1. The van der Waals surface area contributed by atoms with Gasteiger partial charge in [0.1, 0.15) is 11.1 Å². The molecule has 3 rings (SSSR count). The average molecular weight is 422 g/mol. The van der Waals surface area contributed by atoms with Gasteiger partial charge in [-0.15, -0.1) is 0 Å². The Morgan fingerprint density at radius 2 is 1.81 bits per heavy atom. The van der Waals surface area contributed by atoms with Crippen LogP contribution in [0.25, 0.3) is 0 Å². The summed E-state index contributed by atoms with van der Waals surface area (Å²) in [5, 5.41) is -1.70. The molecule has 0 radical (unpaired) electrons. The van der Waals surface area contributed by atoms with Gasteiger partial charge in [0.05, 0.1) is 15.5 Å². The zero-order valence-corrected chi connectivity index (χ0v) is 15.1. The zero-order chi connectivity index (χ0) is 20.0. The van der Waals surface area contributed by atoms with E-state index in [4.69, 9.17) is 11.6 Å². The number of hydrogen-bond acceptors (Lipinski definition) is 3. The van der Waals surface area contributed by atoms with Crippen LogP contribution in [0.15, 0.2) is 47.4 Å². The molecule has 1 aliphatic heterocycles. The van der Waals surface area contributed by atoms with Gasteiger partial charge in [-0.25, -0.2) is 12.8 Å². The molecule has 1 saturated heterocycles. The highest BCUT2D eigenvalue weighted by molar-refractivity contribution is 7.92. The fourth-order valence-electron chi connectivity index (χ4n) is 2.86. The number of alkyl halides is 3. The first-order chi connectivity index (χ1) is 12.5. The third-order valence-corrected chi connectivity index (χ3v) is 6.64. The summed E-state index contributed by atoms with van der Waals surface area (Å²) in [6, 6.07) is 6.84. The smallest absolute Gasteiger partial charge is 0.311 e. The molecule has 27 heavy (non-hydrogen) atoms. The van der Waals surface area contributed by atoms with E-state index in [9.17, 15) is 30.8 Å². The Morgan fingerprint density at radius 1 is 1.11 bits per heavy atom. The summed E-state index contributed by atoms with van der Waals surface area (Å²) in [4.78, 5) is 13.1. The van der Waals surface area contributed by atoms with E-state index in [0.717, 1.165) is 29.2 Å². The van der Waals surface area contributed by atoms with E-state index in [1.807, 2.05) is 0 Å². The van der Waals surface area contributed by atoms with Gasteiger partial charge in [0.15, 0.2) is 9.84 Å². The summed E-state index contributed by atoms with van der Waals surface area (Å²) in [5.74, 6) is -1.60. The second-order valence-corrected chi connectivity index (χ2v) is 8.47. The largest absolute Gasteiger partial charge is 0.416 e. The second kappa shape index (κ2) is 6.79. The van der Waals surface area contributed by atoms with Crippen molar-refractivity contribution in [3.8, 4) is 0 Å². The molecule has 4 nitrogen and oxygen atoms in total. The molecule has 1 unspecified atom stereocenters. The van der Waals surface area contributed by atoms with Crippen LogP contribution in [0.3, 0.4) is 0 Å². The normalized spacial score (nSPS) is 18.2. The van der Waals surface area contributed by atoms with Crippen LogP contribution >= 0.6 is 11.6 Å². The molecule has 0 spiro atoms. The maximum absolute atomic E-state index is 13.6. The molecular formula is C17H12ClF4NO3S. The van der Waals surface area contributed by atoms with Crippen LogP contribution in [0.1, 0.15) is 12.0 Å². The second-order valence-electron chi connectivity index (χ2n) is 5.94. The SMILES string of the molecule is O=C1C(S(=O)(=O)c2cccc(C(F)(F)F)c2)CCN1c1ccc(Cl)c(F)c1. The highest BCUT2D eigenvalue weighted by Crippen LogP contribution is 2.34. The highest BCUT2D eigenvalue weighted by atomic mass is 35.5. The molecule has 1 fully saturated rings. The number of rotatable bonds is 3. The lowest BCUT2D eigenvalue weighted by molar-refractivity contribution is -0.137. The van der Waals surface area contributed by atoms with Crippen molar-refractivity contribution in [1.29, 1.82) is 0 Å². The van der Waals surface area contributed by atoms with Gasteiger partial charge in [-0.1, -0.05) is 17.7 Å². The molecule has 1 atom stereocenters. The molecule has 2 aromatic carbocycles. The van der Waals surface area contributed by atoms with Crippen LogP contribution in [-0.2, 0) is 20.8 Å². The molecule has 10 heteroatoms. The summed E-state index contributed by atoms with van der Waals surface area (Å²) in [6.07, 6.45) is -4.83. The summed E-state index contributed by atoms with van der Waals surface area (Å²) in [7, 11) is -4.34. The predicted molar refractivity (Wildman–Crippen MR) is 90.8 cm³/mol. The minimum atomic E-state index is -4.71. The molecule has 0 N–H and O–H groups in total. The van der Waals surface area contributed by atoms with Crippen LogP contribution in [0.2, 0.25) is 5.02 Å². The van der Waals surface area contributed by atoms with E-state index in [1.165, 1.54) is 12.1 Å². The van der Waals surface area contributed by atoms with Crippen molar-refractivity contribution in [2.24, 2.45) is 0 Å². The van der Waals surface area contributed by atoms with Crippen LogP contribution in [0.4, 0.5) is 23.2 Å². The molecule has 144 valence electrons. The van der Waals surface area contributed by atoms with Gasteiger partial charge in [-0.3, -0.25) is 4.79 Å². The minimum absolute atomic E-state index is 0.0111. The molecule has 0 aromatic heterocycles. The summed E-state index contributed by atoms with van der Waals surface area (Å²) in [5.41, 5.74) is -0.991. The molecule has 0 bridgehead atoms. The Morgan fingerprint density at radius 3 is 2.44 bits per heavy atom. The van der Waals surface area contributed by atoms with E-state index >= 15 is 0 Å². The maximum atomic E-state index is 13.6. The van der Waals surface area contributed by atoms with Crippen LogP contribution < -0.4 is 4.90 Å². The van der Waals surface area contributed by atoms with Crippen LogP contribution in [0.5, 0.6) is 0 Å². The van der Waals surface area contributed by atoms with Gasteiger partial charge in [0, 0.05) is 12.2 Å².